The van der Waals surface area contributed by atoms with Gasteiger partial charge in [-0.25, -0.2) is 0 Å². The summed E-state index contributed by atoms with van der Waals surface area (Å²) in [6.45, 7) is 3.09. The Labute approximate surface area is 174 Å². The van der Waals surface area contributed by atoms with Crippen molar-refractivity contribution in [1.29, 1.82) is 0 Å². The van der Waals surface area contributed by atoms with Crippen molar-refractivity contribution < 1.29 is 32.0 Å². The number of halogens is 3. The van der Waals surface area contributed by atoms with Crippen LogP contribution in [0.2, 0.25) is 0 Å². The topological polar surface area (TPSA) is 83.6 Å². The van der Waals surface area contributed by atoms with Crippen molar-refractivity contribution in [3.63, 3.8) is 0 Å². The lowest BCUT2D eigenvalue weighted by Crippen LogP contribution is -2.17. The van der Waals surface area contributed by atoms with Crippen LogP contribution < -0.4 is 0 Å². The second kappa shape index (κ2) is 9.96. The molecule has 0 aliphatic rings. The lowest BCUT2D eigenvalue weighted by molar-refractivity contribution is -0.137. The molecule has 0 heterocycles. The fourth-order valence-corrected chi connectivity index (χ4v) is 3.55. The standard InChI is InChI=1S/C20H23F3N2O4S/c1-4-30(26,27)19(25-28-3)18-11-6-5-8-16(18)13-29-24-14(2)15-9-7-10-17(12-15)20(21,22)23/h5-12,26-27H,4,13H2,1-3H3/b24-14+,25-19+. The van der Waals surface area contributed by atoms with E-state index in [-0.39, 0.29) is 28.7 Å². The minimum Gasteiger partial charge on any atom is -0.398 e. The van der Waals surface area contributed by atoms with E-state index in [1.54, 1.807) is 31.2 Å². The van der Waals surface area contributed by atoms with Gasteiger partial charge in [0.05, 0.1) is 11.3 Å². The second-order valence-electron chi connectivity index (χ2n) is 6.22. The van der Waals surface area contributed by atoms with Crippen LogP contribution in [-0.4, -0.2) is 32.7 Å². The van der Waals surface area contributed by atoms with Crippen molar-refractivity contribution in [2.45, 2.75) is 26.6 Å². The number of alkyl halides is 3. The molecule has 6 nitrogen and oxygen atoms in total. The molecule has 0 amide bonds. The van der Waals surface area contributed by atoms with Crippen molar-refractivity contribution >= 4 is 21.3 Å². The summed E-state index contributed by atoms with van der Waals surface area (Å²) in [5.74, 6) is 0.0528. The average molecular weight is 444 g/mol. The lowest BCUT2D eigenvalue weighted by Gasteiger charge is -2.31. The van der Waals surface area contributed by atoms with Crippen LogP contribution in [0.5, 0.6) is 0 Å². The summed E-state index contributed by atoms with van der Waals surface area (Å²) >= 11 is 0. The van der Waals surface area contributed by atoms with Gasteiger partial charge in [0.25, 0.3) is 0 Å². The molecule has 0 atom stereocenters. The molecule has 0 radical (unpaired) electrons. The molecule has 2 aromatic carbocycles. The summed E-state index contributed by atoms with van der Waals surface area (Å²) in [4.78, 5) is 10.1. The largest absolute Gasteiger partial charge is 0.416 e. The van der Waals surface area contributed by atoms with E-state index in [4.69, 9.17) is 9.68 Å². The SMILES string of the molecule is CCS(O)(O)/C(=N/OC)c1ccccc1CO/N=C(\C)c1cccc(C(F)(F)F)c1. The van der Waals surface area contributed by atoms with Gasteiger partial charge in [0.1, 0.15) is 13.7 Å². The van der Waals surface area contributed by atoms with Gasteiger partial charge in [-0.1, -0.05) is 46.7 Å². The molecule has 0 saturated heterocycles. The van der Waals surface area contributed by atoms with Gasteiger partial charge in [0.15, 0.2) is 5.04 Å². The summed E-state index contributed by atoms with van der Waals surface area (Å²) in [5, 5.41) is 7.67. The third-order valence-corrected chi connectivity index (χ3v) is 5.88. The van der Waals surface area contributed by atoms with Crippen LogP contribution in [0.4, 0.5) is 13.2 Å². The van der Waals surface area contributed by atoms with E-state index in [0.29, 0.717) is 11.1 Å². The molecule has 0 aliphatic carbocycles. The highest BCUT2D eigenvalue weighted by atomic mass is 32.3. The molecule has 0 fully saturated rings. The molecule has 2 N–H and O–H groups in total. The molecule has 0 saturated carbocycles. The molecule has 0 spiro atoms. The minimum absolute atomic E-state index is 0.00900. The van der Waals surface area contributed by atoms with Gasteiger partial charge in [-0.15, -0.1) is 10.6 Å². The Kier molecular flexibility index (Phi) is 7.88. The maximum absolute atomic E-state index is 12.9. The van der Waals surface area contributed by atoms with Crippen LogP contribution in [0.25, 0.3) is 0 Å². The fourth-order valence-electron chi connectivity index (χ4n) is 2.53. The van der Waals surface area contributed by atoms with Gasteiger partial charge >= 0.3 is 6.18 Å². The number of benzene rings is 2. The number of nitrogens with zero attached hydrogens (tertiary/aromatic N) is 2. The highest BCUT2D eigenvalue weighted by Crippen LogP contribution is 2.43. The van der Waals surface area contributed by atoms with Crippen LogP contribution in [0.15, 0.2) is 58.8 Å². The summed E-state index contributed by atoms with van der Waals surface area (Å²) in [5.41, 5.74) is 0.752. The maximum atomic E-state index is 12.9. The number of oxime groups is 2. The molecule has 2 aromatic rings. The molecule has 2 rings (SSSR count). The maximum Gasteiger partial charge on any atom is 0.416 e. The first kappa shape index (κ1) is 23.7. The van der Waals surface area contributed by atoms with Crippen molar-refractivity contribution in [3.8, 4) is 0 Å². The van der Waals surface area contributed by atoms with Gasteiger partial charge in [0.2, 0.25) is 0 Å². The third kappa shape index (κ3) is 5.97. The first-order chi connectivity index (χ1) is 14.1. The zero-order valence-electron chi connectivity index (χ0n) is 16.7. The van der Waals surface area contributed by atoms with E-state index in [1.165, 1.54) is 26.2 Å². The van der Waals surface area contributed by atoms with Gasteiger partial charge in [0, 0.05) is 16.9 Å². The highest BCUT2D eigenvalue weighted by molar-refractivity contribution is 8.37. The van der Waals surface area contributed by atoms with Crippen molar-refractivity contribution in [1.82, 2.24) is 0 Å². The summed E-state index contributed by atoms with van der Waals surface area (Å²) < 4.78 is 59.3. The molecule has 0 bridgehead atoms. The van der Waals surface area contributed by atoms with Gasteiger partial charge in [-0.2, -0.15) is 13.2 Å². The van der Waals surface area contributed by atoms with E-state index in [2.05, 4.69) is 10.3 Å². The monoisotopic (exact) mass is 444 g/mol. The van der Waals surface area contributed by atoms with Crippen LogP contribution in [0.3, 0.4) is 0 Å². The Bertz CT molecular complexity index is 930. The number of rotatable bonds is 7. The second-order valence-corrected chi connectivity index (χ2v) is 8.52. The summed E-state index contributed by atoms with van der Waals surface area (Å²) in [7, 11) is -1.88. The lowest BCUT2D eigenvalue weighted by atomic mass is 10.1. The smallest absolute Gasteiger partial charge is 0.398 e. The molecular formula is C20H23F3N2O4S. The Morgan fingerprint density at radius 2 is 1.77 bits per heavy atom. The summed E-state index contributed by atoms with van der Waals surface area (Å²) in [6, 6.07) is 11.6. The molecule has 164 valence electrons. The number of hydrogen-bond donors (Lipinski definition) is 2. The van der Waals surface area contributed by atoms with Crippen LogP contribution in [0, 0.1) is 0 Å². The van der Waals surface area contributed by atoms with Crippen molar-refractivity contribution in [2.24, 2.45) is 10.3 Å². The normalized spacial score (nSPS) is 13.9. The Hall–Kier alpha value is -2.56. The highest BCUT2D eigenvalue weighted by Gasteiger charge is 2.30. The number of hydrogen-bond acceptors (Lipinski definition) is 6. The van der Waals surface area contributed by atoms with Crippen LogP contribution in [-0.2, 0) is 22.5 Å². The van der Waals surface area contributed by atoms with Crippen molar-refractivity contribution in [2.75, 3.05) is 12.9 Å². The summed E-state index contributed by atoms with van der Waals surface area (Å²) in [6.07, 6.45) is -4.45. The zero-order valence-corrected chi connectivity index (χ0v) is 17.5. The van der Waals surface area contributed by atoms with E-state index >= 15 is 0 Å². The predicted molar refractivity (Wildman–Crippen MR) is 112 cm³/mol. The van der Waals surface area contributed by atoms with E-state index in [9.17, 15) is 22.3 Å². The quantitative estimate of drug-likeness (QED) is 0.325. The Morgan fingerprint density at radius 3 is 2.40 bits per heavy atom. The van der Waals surface area contributed by atoms with E-state index in [1.807, 2.05) is 0 Å². The Morgan fingerprint density at radius 1 is 1.07 bits per heavy atom. The first-order valence-corrected chi connectivity index (χ1v) is 10.6. The Balaban J connectivity index is 2.24. The fraction of sp³-hybridized carbons (Fsp3) is 0.300. The zero-order chi connectivity index (χ0) is 22.4. The first-order valence-electron chi connectivity index (χ1n) is 8.89. The average Bonchev–Trinajstić information content (AvgIpc) is 2.72. The van der Waals surface area contributed by atoms with E-state index in [0.717, 1.165) is 12.1 Å². The van der Waals surface area contributed by atoms with Gasteiger partial charge in [-0.05, 0) is 31.5 Å². The molecule has 0 aromatic heterocycles. The molecular weight excluding hydrogens is 421 g/mol. The van der Waals surface area contributed by atoms with Crippen molar-refractivity contribution in [3.05, 3.63) is 70.8 Å². The van der Waals surface area contributed by atoms with Gasteiger partial charge in [-0.3, -0.25) is 9.11 Å². The molecule has 0 aliphatic heterocycles. The van der Waals surface area contributed by atoms with Gasteiger partial charge < -0.3 is 9.68 Å². The molecule has 0 unspecified atom stereocenters. The molecule has 10 heteroatoms. The molecule has 30 heavy (non-hydrogen) atoms. The minimum atomic E-state index is -4.45. The third-order valence-electron chi connectivity index (χ3n) is 4.16. The predicted octanol–water partition coefficient (Wildman–Crippen LogP) is 5.72. The van der Waals surface area contributed by atoms with Crippen LogP contribution in [0.1, 0.15) is 36.1 Å². The van der Waals surface area contributed by atoms with Crippen LogP contribution >= 0.6 is 10.6 Å². The van der Waals surface area contributed by atoms with E-state index < -0.39 is 22.3 Å².